The Kier molecular flexibility index (Phi) is 3.17. The normalized spacial score (nSPS) is 25.4. The largest absolute Gasteiger partial charge is 0.496 e. The molecule has 1 atom stereocenters. The van der Waals surface area contributed by atoms with Gasteiger partial charge in [-0.05, 0) is 26.0 Å². The van der Waals surface area contributed by atoms with Crippen molar-refractivity contribution in [2.75, 3.05) is 26.8 Å². The molecule has 0 aliphatic carbocycles. The Hall–Kier alpha value is -1.06. The van der Waals surface area contributed by atoms with Gasteiger partial charge in [0.2, 0.25) is 0 Å². The fourth-order valence-corrected chi connectivity index (χ4v) is 2.13. The molecule has 1 aromatic carbocycles. The summed E-state index contributed by atoms with van der Waals surface area (Å²) >= 11 is 0. The molecule has 16 heavy (non-hydrogen) atoms. The van der Waals surface area contributed by atoms with E-state index in [-0.39, 0.29) is 5.60 Å². The van der Waals surface area contributed by atoms with Crippen molar-refractivity contribution in [2.45, 2.75) is 19.4 Å². The molecule has 3 nitrogen and oxygen atoms in total. The smallest absolute Gasteiger partial charge is 0.125 e. The Balaban J connectivity index is 2.40. The van der Waals surface area contributed by atoms with Gasteiger partial charge in [-0.3, -0.25) is 0 Å². The van der Waals surface area contributed by atoms with Crippen LogP contribution >= 0.6 is 0 Å². The van der Waals surface area contributed by atoms with Crippen LogP contribution in [0.4, 0.5) is 0 Å². The van der Waals surface area contributed by atoms with E-state index in [1.165, 1.54) is 5.56 Å². The molecular weight excluding hydrogens is 202 g/mol. The van der Waals surface area contributed by atoms with Crippen LogP contribution in [0.25, 0.3) is 0 Å². The molecule has 1 fully saturated rings. The van der Waals surface area contributed by atoms with Crippen molar-refractivity contribution < 1.29 is 9.47 Å². The van der Waals surface area contributed by atoms with E-state index in [1.807, 2.05) is 6.07 Å². The number of hydrogen-bond acceptors (Lipinski definition) is 3. The van der Waals surface area contributed by atoms with Crippen LogP contribution in [0, 0.1) is 6.92 Å². The summed E-state index contributed by atoms with van der Waals surface area (Å²) in [6, 6.07) is 6.21. The standard InChI is InChI=1S/C13H19NO2/c1-10-4-5-12(15-3)11(8-10)13(2)9-14-6-7-16-13/h4-5,8,14H,6-7,9H2,1-3H3. The van der Waals surface area contributed by atoms with Gasteiger partial charge in [-0.15, -0.1) is 0 Å². The summed E-state index contributed by atoms with van der Waals surface area (Å²) in [7, 11) is 1.70. The third-order valence-electron chi connectivity index (χ3n) is 3.09. The second-order valence-corrected chi connectivity index (χ2v) is 4.46. The maximum Gasteiger partial charge on any atom is 0.125 e. The van der Waals surface area contributed by atoms with E-state index in [1.54, 1.807) is 7.11 Å². The van der Waals surface area contributed by atoms with E-state index in [2.05, 4.69) is 31.3 Å². The minimum Gasteiger partial charge on any atom is -0.496 e. The highest BCUT2D eigenvalue weighted by Gasteiger charge is 2.32. The average Bonchev–Trinajstić information content (AvgIpc) is 2.30. The molecule has 0 amide bonds. The SMILES string of the molecule is COc1ccc(C)cc1C1(C)CNCCO1. The fraction of sp³-hybridized carbons (Fsp3) is 0.538. The van der Waals surface area contributed by atoms with E-state index in [0.29, 0.717) is 0 Å². The summed E-state index contributed by atoms with van der Waals surface area (Å²) in [4.78, 5) is 0. The van der Waals surface area contributed by atoms with E-state index in [0.717, 1.165) is 31.0 Å². The topological polar surface area (TPSA) is 30.5 Å². The zero-order valence-corrected chi connectivity index (χ0v) is 10.2. The molecule has 0 radical (unpaired) electrons. The second kappa shape index (κ2) is 4.44. The van der Waals surface area contributed by atoms with Crippen molar-refractivity contribution in [1.82, 2.24) is 5.32 Å². The lowest BCUT2D eigenvalue weighted by atomic mass is 9.92. The number of hydrogen-bond donors (Lipinski definition) is 1. The first kappa shape index (κ1) is 11.4. The van der Waals surface area contributed by atoms with Gasteiger partial charge in [0.15, 0.2) is 0 Å². The van der Waals surface area contributed by atoms with Crippen LogP contribution in [0.2, 0.25) is 0 Å². The number of aryl methyl sites for hydroxylation is 1. The summed E-state index contributed by atoms with van der Waals surface area (Å²) in [6.07, 6.45) is 0. The van der Waals surface area contributed by atoms with E-state index >= 15 is 0 Å². The van der Waals surface area contributed by atoms with Crippen LogP contribution < -0.4 is 10.1 Å². The van der Waals surface area contributed by atoms with Gasteiger partial charge < -0.3 is 14.8 Å². The summed E-state index contributed by atoms with van der Waals surface area (Å²) < 4.78 is 11.3. The lowest BCUT2D eigenvalue weighted by molar-refractivity contribution is -0.0584. The third-order valence-corrected chi connectivity index (χ3v) is 3.09. The highest BCUT2D eigenvalue weighted by atomic mass is 16.5. The Labute approximate surface area is 96.8 Å². The van der Waals surface area contributed by atoms with Gasteiger partial charge in [-0.1, -0.05) is 11.6 Å². The molecule has 1 heterocycles. The molecule has 3 heteroatoms. The van der Waals surface area contributed by atoms with E-state index in [4.69, 9.17) is 9.47 Å². The summed E-state index contributed by atoms with van der Waals surface area (Å²) in [5.74, 6) is 0.900. The lowest BCUT2D eigenvalue weighted by Crippen LogP contribution is -2.45. The van der Waals surface area contributed by atoms with Crippen molar-refractivity contribution >= 4 is 0 Å². The number of nitrogens with one attached hydrogen (secondary N) is 1. The molecule has 1 aliphatic heterocycles. The lowest BCUT2D eigenvalue weighted by Gasteiger charge is -2.35. The monoisotopic (exact) mass is 221 g/mol. The molecular formula is C13H19NO2. The number of rotatable bonds is 2. The predicted octanol–water partition coefficient (Wildman–Crippen LogP) is 1.84. The molecule has 2 rings (SSSR count). The number of morpholine rings is 1. The van der Waals surface area contributed by atoms with Crippen LogP contribution in [0.1, 0.15) is 18.1 Å². The maximum atomic E-state index is 5.91. The summed E-state index contributed by atoms with van der Waals surface area (Å²) in [6.45, 7) is 6.68. The van der Waals surface area contributed by atoms with Crippen LogP contribution in [0.3, 0.4) is 0 Å². The molecule has 1 N–H and O–H groups in total. The van der Waals surface area contributed by atoms with Gasteiger partial charge in [-0.2, -0.15) is 0 Å². The Morgan fingerprint density at radius 1 is 1.44 bits per heavy atom. The Morgan fingerprint density at radius 3 is 2.88 bits per heavy atom. The summed E-state index contributed by atoms with van der Waals surface area (Å²) in [5, 5.41) is 3.36. The van der Waals surface area contributed by atoms with Crippen molar-refractivity contribution in [3.05, 3.63) is 29.3 Å². The van der Waals surface area contributed by atoms with Gasteiger partial charge in [0, 0.05) is 18.7 Å². The van der Waals surface area contributed by atoms with Crippen LogP contribution in [0.15, 0.2) is 18.2 Å². The molecule has 88 valence electrons. The number of methoxy groups -OCH3 is 1. The molecule has 0 bridgehead atoms. The molecule has 1 aromatic rings. The third kappa shape index (κ3) is 2.06. The van der Waals surface area contributed by atoms with E-state index in [9.17, 15) is 0 Å². The number of benzene rings is 1. The number of ether oxygens (including phenoxy) is 2. The van der Waals surface area contributed by atoms with E-state index < -0.39 is 0 Å². The predicted molar refractivity (Wildman–Crippen MR) is 63.9 cm³/mol. The van der Waals surface area contributed by atoms with Crippen molar-refractivity contribution in [3.8, 4) is 5.75 Å². The highest BCUT2D eigenvalue weighted by Crippen LogP contribution is 2.34. The Morgan fingerprint density at radius 2 is 2.25 bits per heavy atom. The molecule has 1 aliphatic rings. The van der Waals surface area contributed by atoms with Crippen molar-refractivity contribution in [2.24, 2.45) is 0 Å². The zero-order chi connectivity index (χ0) is 11.6. The quantitative estimate of drug-likeness (QED) is 0.826. The highest BCUT2D eigenvalue weighted by molar-refractivity contribution is 5.41. The second-order valence-electron chi connectivity index (χ2n) is 4.46. The molecule has 1 saturated heterocycles. The zero-order valence-electron chi connectivity index (χ0n) is 10.2. The Bertz CT molecular complexity index is 370. The molecule has 1 unspecified atom stereocenters. The molecule has 0 aromatic heterocycles. The van der Waals surface area contributed by atoms with Gasteiger partial charge in [0.05, 0.1) is 13.7 Å². The molecule has 0 spiro atoms. The van der Waals surface area contributed by atoms with Crippen molar-refractivity contribution in [1.29, 1.82) is 0 Å². The maximum absolute atomic E-state index is 5.91. The summed E-state index contributed by atoms with van der Waals surface area (Å²) in [5.41, 5.74) is 2.07. The van der Waals surface area contributed by atoms with Crippen molar-refractivity contribution in [3.63, 3.8) is 0 Å². The first-order chi connectivity index (χ1) is 7.65. The van der Waals surface area contributed by atoms with Gasteiger partial charge in [0.25, 0.3) is 0 Å². The first-order valence-electron chi connectivity index (χ1n) is 5.65. The van der Waals surface area contributed by atoms with Crippen LogP contribution in [-0.4, -0.2) is 26.8 Å². The van der Waals surface area contributed by atoms with Crippen LogP contribution in [0.5, 0.6) is 5.75 Å². The minimum atomic E-state index is -0.282. The van der Waals surface area contributed by atoms with Gasteiger partial charge in [-0.25, -0.2) is 0 Å². The first-order valence-corrected chi connectivity index (χ1v) is 5.65. The average molecular weight is 221 g/mol. The molecule has 0 saturated carbocycles. The minimum absolute atomic E-state index is 0.282. The van der Waals surface area contributed by atoms with Gasteiger partial charge in [0.1, 0.15) is 11.4 Å². The fourth-order valence-electron chi connectivity index (χ4n) is 2.13. The van der Waals surface area contributed by atoms with Crippen LogP contribution in [-0.2, 0) is 10.3 Å². The van der Waals surface area contributed by atoms with Gasteiger partial charge >= 0.3 is 0 Å².